The second-order valence-corrected chi connectivity index (χ2v) is 8.10. The van der Waals surface area contributed by atoms with Crippen LogP contribution < -0.4 is 14.9 Å². The molecular weight excluding hydrogens is 350 g/mol. The van der Waals surface area contributed by atoms with E-state index in [1.807, 2.05) is 18.2 Å². The molecule has 2 aromatic rings. The van der Waals surface area contributed by atoms with Gasteiger partial charge in [-0.2, -0.15) is 4.72 Å². The zero-order valence-corrected chi connectivity index (χ0v) is 15.5. The van der Waals surface area contributed by atoms with Crippen molar-refractivity contribution < 1.29 is 13.2 Å². The summed E-state index contributed by atoms with van der Waals surface area (Å²) in [5, 5.41) is 2.79. The minimum absolute atomic E-state index is 0.135. The van der Waals surface area contributed by atoms with Gasteiger partial charge in [0.1, 0.15) is 0 Å². The number of anilines is 2. The predicted molar refractivity (Wildman–Crippen MR) is 103 cm³/mol. The van der Waals surface area contributed by atoms with E-state index in [1.165, 1.54) is 31.9 Å². The lowest BCUT2D eigenvalue weighted by Crippen LogP contribution is -2.41. The van der Waals surface area contributed by atoms with Gasteiger partial charge in [0, 0.05) is 24.5 Å². The molecule has 26 heavy (non-hydrogen) atoms. The summed E-state index contributed by atoms with van der Waals surface area (Å²) >= 11 is 0. The maximum atomic E-state index is 12.4. The van der Waals surface area contributed by atoms with Crippen LogP contribution in [0.4, 0.5) is 11.4 Å². The summed E-state index contributed by atoms with van der Waals surface area (Å²) < 4.78 is 27.1. The van der Waals surface area contributed by atoms with Crippen LogP contribution >= 0.6 is 0 Å². The standard InChI is InChI=1S/C19H23N3O3S/c1-15(21-26(24,25)18-10-3-2-4-11-18)19(23)20-16-8-7-9-17(14-16)22-12-5-6-13-22/h2-4,7-11,14-15,21H,5-6,12-13H2,1H3,(H,20,23)/t15-/m0/s1. The van der Waals surface area contributed by atoms with Crippen LogP contribution in [-0.4, -0.2) is 33.5 Å². The molecule has 1 heterocycles. The number of rotatable bonds is 6. The number of hydrogen-bond donors (Lipinski definition) is 2. The van der Waals surface area contributed by atoms with Crippen molar-refractivity contribution in [1.29, 1.82) is 0 Å². The highest BCUT2D eigenvalue weighted by Crippen LogP contribution is 2.23. The molecule has 0 saturated carbocycles. The van der Waals surface area contributed by atoms with Crippen molar-refractivity contribution in [2.45, 2.75) is 30.7 Å². The maximum Gasteiger partial charge on any atom is 0.242 e. The molecule has 0 radical (unpaired) electrons. The molecule has 3 rings (SSSR count). The summed E-state index contributed by atoms with van der Waals surface area (Å²) in [6.07, 6.45) is 2.35. The predicted octanol–water partition coefficient (Wildman–Crippen LogP) is 2.59. The van der Waals surface area contributed by atoms with E-state index in [0.717, 1.165) is 18.8 Å². The Balaban J connectivity index is 1.65. The van der Waals surface area contributed by atoms with Gasteiger partial charge in [0.05, 0.1) is 10.9 Å². The molecule has 1 fully saturated rings. The lowest BCUT2D eigenvalue weighted by atomic mass is 10.2. The molecule has 1 saturated heterocycles. The smallest absolute Gasteiger partial charge is 0.242 e. The number of nitrogens with one attached hydrogen (secondary N) is 2. The van der Waals surface area contributed by atoms with Crippen molar-refractivity contribution in [2.24, 2.45) is 0 Å². The summed E-state index contributed by atoms with van der Waals surface area (Å²) in [5.74, 6) is -0.400. The normalized spacial score (nSPS) is 15.7. The van der Waals surface area contributed by atoms with Crippen molar-refractivity contribution in [3.8, 4) is 0 Å². The van der Waals surface area contributed by atoms with Crippen LogP contribution in [0, 0.1) is 0 Å². The van der Waals surface area contributed by atoms with Crippen LogP contribution in [0.15, 0.2) is 59.5 Å². The number of nitrogens with zero attached hydrogens (tertiary/aromatic N) is 1. The Hall–Kier alpha value is -2.38. The molecule has 0 aliphatic carbocycles. The Labute approximate surface area is 154 Å². The average Bonchev–Trinajstić information content (AvgIpc) is 3.17. The van der Waals surface area contributed by atoms with E-state index in [-0.39, 0.29) is 4.90 Å². The highest BCUT2D eigenvalue weighted by molar-refractivity contribution is 7.89. The monoisotopic (exact) mass is 373 g/mol. The first-order chi connectivity index (χ1) is 12.5. The van der Waals surface area contributed by atoms with Crippen LogP contribution in [0.5, 0.6) is 0 Å². The topological polar surface area (TPSA) is 78.5 Å². The van der Waals surface area contributed by atoms with E-state index in [0.29, 0.717) is 5.69 Å². The Bertz CT molecular complexity index is 863. The van der Waals surface area contributed by atoms with Gasteiger partial charge in [0.15, 0.2) is 0 Å². The summed E-state index contributed by atoms with van der Waals surface area (Å²) in [4.78, 5) is 14.8. The minimum atomic E-state index is -3.74. The number of sulfonamides is 1. The van der Waals surface area contributed by atoms with Crippen molar-refractivity contribution in [3.05, 3.63) is 54.6 Å². The van der Waals surface area contributed by atoms with Gasteiger partial charge >= 0.3 is 0 Å². The zero-order chi connectivity index (χ0) is 18.6. The molecule has 138 valence electrons. The first kappa shape index (κ1) is 18.4. The Kier molecular flexibility index (Phi) is 5.58. The van der Waals surface area contributed by atoms with E-state index in [4.69, 9.17) is 0 Å². The molecular formula is C19H23N3O3S. The molecule has 7 heteroatoms. The van der Waals surface area contributed by atoms with E-state index in [9.17, 15) is 13.2 Å². The fourth-order valence-corrected chi connectivity index (χ4v) is 4.18. The van der Waals surface area contributed by atoms with E-state index in [2.05, 4.69) is 14.9 Å². The van der Waals surface area contributed by atoms with Crippen LogP contribution in [0.1, 0.15) is 19.8 Å². The average molecular weight is 373 g/mol. The summed E-state index contributed by atoms with van der Waals surface area (Å²) in [5.41, 5.74) is 1.72. The Morgan fingerprint density at radius 2 is 1.73 bits per heavy atom. The van der Waals surface area contributed by atoms with Gasteiger partial charge in [-0.05, 0) is 50.1 Å². The molecule has 6 nitrogen and oxygen atoms in total. The Morgan fingerprint density at radius 3 is 2.42 bits per heavy atom. The van der Waals surface area contributed by atoms with Gasteiger partial charge < -0.3 is 10.2 Å². The fourth-order valence-electron chi connectivity index (χ4n) is 2.96. The number of benzene rings is 2. The van der Waals surface area contributed by atoms with Gasteiger partial charge in [-0.3, -0.25) is 4.79 Å². The van der Waals surface area contributed by atoms with Gasteiger partial charge in [-0.1, -0.05) is 24.3 Å². The molecule has 1 amide bonds. The number of carbonyl (C=O) groups is 1. The number of amides is 1. The van der Waals surface area contributed by atoms with E-state index in [1.54, 1.807) is 24.3 Å². The van der Waals surface area contributed by atoms with Gasteiger partial charge in [0.25, 0.3) is 0 Å². The van der Waals surface area contributed by atoms with Crippen LogP contribution in [-0.2, 0) is 14.8 Å². The van der Waals surface area contributed by atoms with Gasteiger partial charge in [0.2, 0.25) is 15.9 Å². The SMILES string of the molecule is C[C@H](NS(=O)(=O)c1ccccc1)C(=O)Nc1cccc(N2CCCC2)c1. The van der Waals surface area contributed by atoms with Crippen molar-refractivity contribution in [3.63, 3.8) is 0 Å². The Morgan fingerprint density at radius 1 is 1.04 bits per heavy atom. The van der Waals surface area contributed by atoms with E-state index < -0.39 is 22.0 Å². The maximum absolute atomic E-state index is 12.4. The lowest BCUT2D eigenvalue weighted by molar-refractivity contribution is -0.117. The van der Waals surface area contributed by atoms with Crippen LogP contribution in [0.3, 0.4) is 0 Å². The third kappa shape index (κ3) is 4.42. The summed E-state index contributed by atoms with van der Waals surface area (Å²) in [7, 11) is -3.74. The highest BCUT2D eigenvalue weighted by Gasteiger charge is 2.22. The van der Waals surface area contributed by atoms with Crippen LogP contribution in [0.25, 0.3) is 0 Å². The van der Waals surface area contributed by atoms with Crippen molar-refractivity contribution in [1.82, 2.24) is 4.72 Å². The molecule has 0 bridgehead atoms. The quantitative estimate of drug-likeness (QED) is 0.816. The first-order valence-corrected chi connectivity index (χ1v) is 10.2. The molecule has 1 aliphatic heterocycles. The molecule has 2 N–H and O–H groups in total. The number of hydrogen-bond acceptors (Lipinski definition) is 4. The molecule has 0 aromatic heterocycles. The molecule has 2 aromatic carbocycles. The molecule has 0 unspecified atom stereocenters. The van der Waals surface area contributed by atoms with E-state index >= 15 is 0 Å². The molecule has 1 aliphatic rings. The third-order valence-electron chi connectivity index (χ3n) is 4.36. The van der Waals surface area contributed by atoms with Gasteiger partial charge in [-0.25, -0.2) is 8.42 Å². The molecule has 1 atom stereocenters. The minimum Gasteiger partial charge on any atom is -0.371 e. The summed E-state index contributed by atoms with van der Waals surface area (Å²) in [6, 6.07) is 14.7. The van der Waals surface area contributed by atoms with Crippen molar-refractivity contribution >= 4 is 27.3 Å². The largest absolute Gasteiger partial charge is 0.371 e. The third-order valence-corrected chi connectivity index (χ3v) is 5.92. The second-order valence-electron chi connectivity index (χ2n) is 6.39. The number of carbonyl (C=O) groups excluding carboxylic acids is 1. The van der Waals surface area contributed by atoms with Gasteiger partial charge in [-0.15, -0.1) is 0 Å². The second kappa shape index (κ2) is 7.88. The van der Waals surface area contributed by atoms with Crippen LogP contribution in [0.2, 0.25) is 0 Å². The highest BCUT2D eigenvalue weighted by atomic mass is 32.2. The van der Waals surface area contributed by atoms with Crippen molar-refractivity contribution in [2.75, 3.05) is 23.3 Å². The lowest BCUT2D eigenvalue weighted by Gasteiger charge is -2.19. The summed E-state index contributed by atoms with van der Waals surface area (Å²) in [6.45, 7) is 3.56. The molecule has 0 spiro atoms. The first-order valence-electron chi connectivity index (χ1n) is 8.69. The zero-order valence-electron chi connectivity index (χ0n) is 14.7. The fraction of sp³-hybridized carbons (Fsp3) is 0.316.